The zero-order valence-electron chi connectivity index (χ0n) is 16.1. The number of fused-ring (bicyclic) bond motifs is 1. The molecule has 154 valence electrons. The molecule has 0 aliphatic carbocycles. The monoisotopic (exact) mass is 425 g/mol. The Hall–Kier alpha value is -3.50. The number of nitrogens with zero attached hydrogens (tertiary/aromatic N) is 3. The molecule has 0 spiro atoms. The van der Waals surface area contributed by atoms with Gasteiger partial charge in [-0.3, -0.25) is 4.79 Å². The fourth-order valence-corrected chi connectivity index (χ4v) is 3.65. The minimum absolute atomic E-state index is 0.0208. The third-order valence-corrected chi connectivity index (χ3v) is 5.50. The first-order valence-electron chi connectivity index (χ1n) is 9.18. The van der Waals surface area contributed by atoms with Crippen LogP contribution in [-0.4, -0.2) is 29.1 Å². The van der Waals surface area contributed by atoms with Crippen molar-refractivity contribution in [3.8, 4) is 11.5 Å². The highest BCUT2D eigenvalue weighted by molar-refractivity contribution is 7.89. The number of benzene rings is 2. The molecule has 2 aromatic heterocycles. The fourth-order valence-electron chi connectivity index (χ4n) is 3.14. The third-order valence-electron chi connectivity index (χ3n) is 4.57. The summed E-state index contributed by atoms with van der Waals surface area (Å²) in [5.41, 5.74) is 2.07. The number of carbonyl (C=O) groups is 1. The maximum Gasteiger partial charge on any atom is 0.249 e. The van der Waals surface area contributed by atoms with E-state index >= 15 is 0 Å². The van der Waals surface area contributed by atoms with Gasteiger partial charge in [-0.1, -0.05) is 25.1 Å². The number of para-hydroxylation sites is 1. The Morgan fingerprint density at radius 3 is 2.53 bits per heavy atom. The highest BCUT2D eigenvalue weighted by Crippen LogP contribution is 2.30. The van der Waals surface area contributed by atoms with E-state index in [1.165, 1.54) is 24.3 Å². The van der Waals surface area contributed by atoms with Gasteiger partial charge >= 0.3 is 0 Å². The van der Waals surface area contributed by atoms with Gasteiger partial charge in [-0.15, -0.1) is 10.2 Å². The molecule has 0 unspecified atom stereocenters. The minimum atomic E-state index is -3.78. The number of anilines is 1. The van der Waals surface area contributed by atoms with Gasteiger partial charge in [-0.2, -0.15) is 0 Å². The van der Waals surface area contributed by atoms with E-state index in [0.717, 1.165) is 16.5 Å². The van der Waals surface area contributed by atoms with Gasteiger partial charge < -0.3 is 14.3 Å². The first kappa shape index (κ1) is 19.8. The van der Waals surface area contributed by atoms with E-state index in [0.29, 0.717) is 23.9 Å². The molecular formula is C20H19N5O4S. The molecule has 4 aromatic rings. The van der Waals surface area contributed by atoms with Crippen LogP contribution in [0.1, 0.15) is 12.8 Å². The molecule has 9 nitrogen and oxygen atoms in total. The lowest BCUT2D eigenvalue weighted by Crippen LogP contribution is -2.18. The lowest BCUT2D eigenvalue weighted by molar-refractivity contribution is -0.116. The number of aryl methyl sites for hydroxylation is 1. The maximum absolute atomic E-state index is 12.6. The molecular weight excluding hydrogens is 406 g/mol. The quantitative estimate of drug-likeness (QED) is 0.488. The zero-order chi connectivity index (χ0) is 21.3. The molecule has 0 saturated heterocycles. The van der Waals surface area contributed by atoms with Gasteiger partial charge in [0, 0.05) is 29.2 Å². The first-order chi connectivity index (χ1) is 14.3. The lowest BCUT2D eigenvalue weighted by Gasteiger charge is -2.08. The first-order valence-corrected chi connectivity index (χ1v) is 10.7. The molecule has 4 rings (SSSR count). The summed E-state index contributed by atoms with van der Waals surface area (Å²) >= 11 is 0. The highest BCUT2D eigenvalue weighted by Gasteiger charge is 2.17. The van der Waals surface area contributed by atoms with Gasteiger partial charge in [0.25, 0.3) is 0 Å². The van der Waals surface area contributed by atoms with Gasteiger partial charge in [0.15, 0.2) is 0 Å². The summed E-state index contributed by atoms with van der Waals surface area (Å²) in [7, 11) is -3.78. The molecule has 1 amide bonds. The van der Waals surface area contributed by atoms with Crippen LogP contribution < -0.4 is 10.5 Å². The highest BCUT2D eigenvalue weighted by atomic mass is 32.2. The molecule has 0 aliphatic rings. The van der Waals surface area contributed by atoms with Gasteiger partial charge in [0.05, 0.1) is 10.5 Å². The number of nitrogens with two attached hydrogens (primary N) is 1. The van der Waals surface area contributed by atoms with Gasteiger partial charge in [0.2, 0.25) is 27.7 Å². The molecule has 0 atom stereocenters. The van der Waals surface area contributed by atoms with Crippen molar-refractivity contribution in [3.63, 3.8) is 0 Å². The Bertz CT molecular complexity index is 1320. The molecule has 2 aromatic carbocycles. The molecule has 30 heavy (non-hydrogen) atoms. The number of rotatable bonds is 6. The van der Waals surface area contributed by atoms with Crippen molar-refractivity contribution in [2.45, 2.75) is 24.8 Å². The summed E-state index contributed by atoms with van der Waals surface area (Å²) in [6.07, 6.45) is 2.44. The summed E-state index contributed by atoms with van der Waals surface area (Å²) in [5.74, 6) is 0.675. The van der Waals surface area contributed by atoms with E-state index in [9.17, 15) is 13.2 Å². The Morgan fingerprint density at radius 2 is 1.87 bits per heavy atom. The number of primary sulfonamides is 1. The van der Waals surface area contributed by atoms with Crippen molar-refractivity contribution in [1.29, 1.82) is 0 Å². The topological polar surface area (TPSA) is 133 Å². The normalized spacial score (nSPS) is 11.7. The Kier molecular flexibility index (Phi) is 5.10. The van der Waals surface area contributed by atoms with E-state index in [-0.39, 0.29) is 17.3 Å². The summed E-state index contributed by atoms with van der Waals surface area (Å²) in [4.78, 5) is 12.6. The van der Waals surface area contributed by atoms with Crippen LogP contribution in [-0.2, 0) is 27.8 Å². The molecule has 0 saturated carbocycles. The van der Waals surface area contributed by atoms with Crippen molar-refractivity contribution < 1.29 is 17.6 Å². The minimum Gasteiger partial charge on any atom is -0.421 e. The number of aromatic nitrogens is 3. The number of nitrogens with one attached hydrogen (secondary N) is 1. The maximum atomic E-state index is 12.6. The van der Waals surface area contributed by atoms with Crippen LogP contribution in [0.4, 0.5) is 5.69 Å². The van der Waals surface area contributed by atoms with E-state index in [1.54, 1.807) is 10.8 Å². The van der Waals surface area contributed by atoms with Crippen LogP contribution in [0.2, 0.25) is 0 Å². The Labute approximate surface area is 172 Å². The van der Waals surface area contributed by atoms with E-state index in [4.69, 9.17) is 9.56 Å². The van der Waals surface area contributed by atoms with E-state index < -0.39 is 10.0 Å². The summed E-state index contributed by atoms with van der Waals surface area (Å²) < 4.78 is 30.2. The van der Waals surface area contributed by atoms with Crippen molar-refractivity contribution in [3.05, 3.63) is 60.6 Å². The van der Waals surface area contributed by atoms with Crippen molar-refractivity contribution in [2.75, 3.05) is 5.32 Å². The van der Waals surface area contributed by atoms with Crippen LogP contribution in [0.3, 0.4) is 0 Å². The molecule has 0 aliphatic heterocycles. The Morgan fingerprint density at radius 1 is 1.13 bits per heavy atom. The summed E-state index contributed by atoms with van der Waals surface area (Å²) in [6.45, 7) is 1.98. The smallest absolute Gasteiger partial charge is 0.249 e. The molecule has 3 N–H and O–H groups in total. The van der Waals surface area contributed by atoms with Crippen LogP contribution in [0.5, 0.6) is 0 Å². The van der Waals surface area contributed by atoms with Crippen LogP contribution in [0.25, 0.3) is 22.4 Å². The zero-order valence-corrected chi connectivity index (χ0v) is 16.9. The number of amides is 1. The number of sulfonamides is 1. The lowest BCUT2D eigenvalue weighted by atomic mass is 10.2. The van der Waals surface area contributed by atoms with Crippen LogP contribution in [0.15, 0.2) is 64.0 Å². The second-order valence-electron chi connectivity index (χ2n) is 6.66. The average molecular weight is 425 g/mol. The van der Waals surface area contributed by atoms with Crippen molar-refractivity contribution in [1.82, 2.24) is 14.8 Å². The van der Waals surface area contributed by atoms with Crippen LogP contribution >= 0.6 is 0 Å². The molecule has 10 heteroatoms. The van der Waals surface area contributed by atoms with Gasteiger partial charge in [-0.25, -0.2) is 13.6 Å². The third kappa shape index (κ3) is 3.95. The molecule has 0 radical (unpaired) electrons. The van der Waals surface area contributed by atoms with Crippen molar-refractivity contribution in [2.24, 2.45) is 5.14 Å². The SMILES string of the molecule is CCc1nnc(-c2cn(CC(=O)Nc3ccc(S(N)(=O)=O)cc3)c3ccccc23)o1. The van der Waals surface area contributed by atoms with E-state index in [2.05, 4.69) is 15.5 Å². The predicted octanol–water partition coefficient (Wildman–Crippen LogP) is 2.54. The average Bonchev–Trinajstić information content (AvgIpc) is 3.33. The Balaban J connectivity index is 1.58. The molecule has 2 heterocycles. The fraction of sp³-hybridized carbons (Fsp3) is 0.150. The molecule has 0 bridgehead atoms. The molecule has 0 fully saturated rings. The summed E-state index contributed by atoms with van der Waals surface area (Å²) in [5, 5.41) is 16.9. The largest absolute Gasteiger partial charge is 0.421 e. The number of hydrogen-bond donors (Lipinski definition) is 2. The standard InChI is InChI=1S/C20H19N5O4S/c1-2-19-23-24-20(29-19)16-11-25(17-6-4-3-5-15(16)17)12-18(26)22-13-7-9-14(10-8-13)30(21,27)28/h3-11H,2,12H2,1H3,(H,22,26)(H2,21,27,28). The predicted molar refractivity (Wildman–Crippen MR) is 111 cm³/mol. The second kappa shape index (κ2) is 7.73. The summed E-state index contributed by atoms with van der Waals surface area (Å²) in [6, 6.07) is 13.3. The van der Waals surface area contributed by atoms with Gasteiger partial charge in [0.1, 0.15) is 6.54 Å². The number of hydrogen-bond acceptors (Lipinski definition) is 6. The second-order valence-corrected chi connectivity index (χ2v) is 8.22. The van der Waals surface area contributed by atoms with Gasteiger partial charge in [-0.05, 0) is 30.3 Å². The van der Waals surface area contributed by atoms with Crippen LogP contribution in [0, 0.1) is 0 Å². The number of carbonyl (C=O) groups excluding carboxylic acids is 1. The van der Waals surface area contributed by atoms with E-state index in [1.807, 2.05) is 31.2 Å². The van der Waals surface area contributed by atoms with Crippen molar-refractivity contribution >= 4 is 32.5 Å².